The molecular formula is C12H11N3O3P+. The van der Waals surface area contributed by atoms with Crippen LogP contribution < -0.4 is 9.05 Å². The first-order valence-corrected chi connectivity index (χ1v) is 6.93. The van der Waals surface area contributed by atoms with Gasteiger partial charge in [0.2, 0.25) is 0 Å². The second kappa shape index (κ2) is 6.07. The number of para-hydroxylation sites is 2. The van der Waals surface area contributed by atoms with E-state index in [0.29, 0.717) is 11.5 Å². The summed E-state index contributed by atoms with van der Waals surface area (Å²) >= 11 is 0. The molecule has 1 N–H and O–H groups in total. The maximum absolute atomic E-state index is 10.2. The Balaban J connectivity index is 2.20. The SMILES string of the molecule is [N-]=[N+]=N[P+](O)(Oc1ccccc1)Oc1ccccc1. The average Bonchev–Trinajstić information content (AvgIpc) is 2.41. The van der Waals surface area contributed by atoms with Crippen LogP contribution in [0.4, 0.5) is 0 Å². The summed E-state index contributed by atoms with van der Waals surface area (Å²) in [6.45, 7) is 0. The number of rotatable bonds is 5. The minimum Gasteiger partial charge on any atom is -0.268 e. The molecule has 0 radical (unpaired) electrons. The molecular weight excluding hydrogens is 265 g/mol. The first-order chi connectivity index (χ1) is 9.22. The van der Waals surface area contributed by atoms with Crippen LogP contribution in [0.3, 0.4) is 0 Å². The molecule has 0 saturated carbocycles. The molecule has 2 rings (SSSR count). The highest BCUT2D eigenvalue weighted by atomic mass is 31.2. The van der Waals surface area contributed by atoms with E-state index < -0.39 is 8.09 Å². The topological polar surface area (TPSA) is 87.5 Å². The zero-order valence-electron chi connectivity index (χ0n) is 9.83. The third-order valence-corrected chi connectivity index (χ3v) is 3.29. The smallest absolute Gasteiger partial charge is 0.268 e. The summed E-state index contributed by atoms with van der Waals surface area (Å²) in [6, 6.07) is 17.1. The molecule has 0 aliphatic carbocycles. The van der Waals surface area contributed by atoms with Crippen molar-refractivity contribution in [3.8, 4) is 11.5 Å². The van der Waals surface area contributed by atoms with Gasteiger partial charge in [0.15, 0.2) is 16.4 Å². The Labute approximate surface area is 110 Å². The molecule has 2 aromatic rings. The van der Waals surface area contributed by atoms with Crippen molar-refractivity contribution in [3.63, 3.8) is 0 Å². The lowest BCUT2D eigenvalue weighted by Gasteiger charge is -2.11. The maximum Gasteiger partial charge on any atom is 0.617 e. The van der Waals surface area contributed by atoms with E-state index in [9.17, 15) is 4.89 Å². The summed E-state index contributed by atoms with van der Waals surface area (Å²) in [5.41, 5.74) is 8.52. The zero-order chi connectivity index (χ0) is 13.6. The fourth-order valence-corrected chi connectivity index (χ4v) is 2.35. The van der Waals surface area contributed by atoms with Crippen LogP contribution in [0.5, 0.6) is 11.5 Å². The molecule has 0 amide bonds. The molecule has 0 spiro atoms. The van der Waals surface area contributed by atoms with Crippen molar-refractivity contribution >= 4 is 8.09 Å². The Hall–Kier alpha value is -2.26. The number of benzene rings is 2. The molecule has 0 fully saturated rings. The molecule has 7 heteroatoms. The molecule has 0 aliphatic rings. The average molecular weight is 276 g/mol. The van der Waals surface area contributed by atoms with Crippen molar-refractivity contribution in [3.05, 3.63) is 71.1 Å². The number of hydrogen-bond donors (Lipinski definition) is 1. The van der Waals surface area contributed by atoms with Gasteiger partial charge in [-0.15, -0.1) is 0 Å². The van der Waals surface area contributed by atoms with E-state index in [1.54, 1.807) is 60.7 Å². The predicted octanol–water partition coefficient (Wildman–Crippen LogP) is 4.12. The van der Waals surface area contributed by atoms with Gasteiger partial charge in [0.05, 0.1) is 0 Å². The van der Waals surface area contributed by atoms with Crippen LogP contribution in [0.25, 0.3) is 10.4 Å². The van der Waals surface area contributed by atoms with Crippen molar-refractivity contribution in [1.82, 2.24) is 0 Å². The summed E-state index contributed by atoms with van der Waals surface area (Å²) in [4.78, 5) is 16.0. The van der Waals surface area contributed by atoms with Crippen LogP contribution in [0.1, 0.15) is 0 Å². The van der Waals surface area contributed by atoms with Gasteiger partial charge in [-0.05, 0) is 24.3 Å². The molecule has 0 bridgehead atoms. The Morgan fingerprint density at radius 1 is 0.895 bits per heavy atom. The molecule has 0 aliphatic heterocycles. The van der Waals surface area contributed by atoms with E-state index in [2.05, 4.69) is 9.80 Å². The number of hydrogen-bond acceptors (Lipinski definition) is 4. The number of azide groups is 1. The summed E-state index contributed by atoms with van der Waals surface area (Å²) < 4.78 is 10.5. The normalized spacial score (nSPS) is 10.4. The van der Waals surface area contributed by atoms with Gasteiger partial charge in [-0.2, -0.15) is 4.89 Å². The van der Waals surface area contributed by atoms with E-state index in [1.807, 2.05) is 0 Å². The molecule has 0 saturated heterocycles. The standard InChI is InChI=1S/C12H11N3O3P/c13-14-15-19(16,17-11-7-3-1-4-8-11)18-12-9-5-2-6-10-12/h1-10,16H/q+1. The Morgan fingerprint density at radius 3 is 1.68 bits per heavy atom. The Kier molecular flexibility index (Phi) is 4.21. The summed E-state index contributed by atoms with van der Waals surface area (Å²) in [5, 5.41) is 0. The molecule has 6 nitrogen and oxygen atoms in total. The molecule has 0 aromatic heterocycles. The van der Waals surface area contributed by atoms with E-state index >= 15 is 0 Å². The molecule has 0 atom stereocenters. The molecule has 0 heterocycles. The summed E-state index contributed by atoms with van der Waals surface area (Å²) in [6.07, 6.45) is 0. The van der Waals surface area contributed by atoms with Crippen molar-refractivity contribution in [2.24, 2.45) is 4.88 Å². The first kappa shape index (κ1) is 13.2. The van der Waals surface area contributed by atoms with Gasteiger partial charge in [0.1, 0.15) is 0 Å². The minimum atomic E-state index is -3.70. The number of nitrogens with zero attached hydrogens (tertiary/aromatic N) is 3. The lowest BCUT2D eigenvalue weighted by Crippen LogP contribution is -2.05. The third kappa shape index (κ3) is 3.86. The van der Waals surface area contributed by atoms with Gasteiger partial charge >= 0.3 is 8.09 Å². The Bertz CT molecular complexity index is 532. The van der Waals surface area contributed by atoms with Gasteiger partial charge in [0, 0.05) is 10.4 Å². The van der Waals surface area contributed by atoms with Crippen LogP contribution in [0, 0.1) is 0 Å². The minimum absolute atomic E-state index is 0.363. The second-order valence-electron chi connectivity index (χ2n) is 3.48. The maximum atomic E-state index is 10.2. The molecule has 2 aromatic carbocycles. The lowest BCUT2D eigenvalue weighted by atomic mass is 10.3. The van der Waals surface area contributed by atoms with Crippen molar-refractivity contribution in [2.75, 3.05) is 0 Å². The monoisotopic (exact) mass is 276 g/mol. The largest absolute Gasteiger partial charge is 0.617 e. The van der Waals surface area contributed by atoms with Gasteiger partial charge in [-0.3, -0.25) is 9.05 Å². The van der Waals surface area contributed by atoms with Crippen LogP contribution in [0.15, 0.2) is 65.5 Å². The van der Waals surface area contributed by atoms with Crippen molar-refractivity contribution in [2.45, 2.75) is 0 Å². The summed E-state index contributed by atoms with van der Waals surface area (Å²) in [7, 11) is -3.70. The zero-order valence-corrected chi connectivity index (χ0v) is 10.7. The fourth-order valence-electron chi connectivity index (χ4n) is 1.34. The van der Waals surface area contributed by atoms with Gasteiger partial charge in [-0.25, -0.2) is 0 Å². The fraction of sp³-hybridized carbons (Fsp3) is 0. The highest BCUT2D eigenvalue weighted by molar-refractivity contribution is 7.59. The molecule has 0 unspecified atom stereocenters. The van der Waals surface area contributed by atoms with E-state index in [0.717, 1.165) is 0 Å². The van der Waals surface area contributed by atoms with Crippen LogP contribution in [0.2, 0.25) is 0 Å². The Morgan fingerprint density at radius 2 is 1.32 bits per heavy atom. The van der Waals surface area contributed by atoms with E-state index in [-0.39, 0.29) is 0 Å². The summed E-state index contributed by atoms with van der Waals surface area (Å²) in [5.74, 6) is 0.725. The van der Waals surface area contributed by atoms with Crippen LogP contribution >= 0.6 is 8.09 Å². The molecule has 19 heavy (non-hydrogen) atoms. The second-order valence-corrected chi connectivity index (χ2v) is 5.00. The first-order valence-electron chi connectivity index (χ1n) is 5.39. The molecule has 96 valence electrons. The quantitative estimate of drug-likeness (QED) is 0.385. The lowest BCUT2D eigenvalue weighted by molar-refractivity contribution is 0.348. The van der Waals surface area contributed by atoms with Gasteiger partial charge in [0.25, 0.3) is 0 Å². The van der Waals surface area contributed by atoms with Gasteiger partial charge in [-0.1, -0.05) is 36.4 Å². The van der Waals surface area contributed by atoms with Crippen LogP contribution in [-0.4, -0.2) is 4.89 Å². The van der Waals surface area contributed by atoms with Crippen LogP contribution in [-0.2, 0) is 0 Å². The highest BCUT2D eigenvalue weighted by Crippen LogP contribution is 2.57. The van der Waals surface area contributed by atoms with Gasteiger partial charge < -0.3 is 0 Å². The third-order valence-electron chi connectivity index (χ3n) is 2.09. The van der Waals surface area contributed by atoms with Crippen molar-refractivity contribution < 1.29 is 13.9 Å². The van der Waals surface area contributed by atoms with Crippen molar-refractivity contribution in [1.29, 1.82) is 0 Å². The van der Waals surface area contributed by atoms with E-state index in [1.165, 1.54) is 0 Å². The van der Waals surface area contributed by atoms with E-state index in [4.69, 9.17) is 14.6 Å². The highest BCUT2D eigenvalue weighted by Gasteiger charge is 2.45. The predicted molar refractivity (Wildman–Crippen MR) is 72.4 cm³/mol.